The largest absolute Gasteiger partial charge is 0.434 e. The highest BCUT2D eigenvalue weighted by Gasteiger charge is 2.56. The minimum atomic E-state index is -4.83. The zero-order valence-electron chi connectivity index (χ0n) is 20.3. The second kappa shape index (κ2) is 8.67. The second-order valence-electron chi connectivity index (χ2n) is 10.9. The van der Waals surface area contributed by atoms with Crippen LogP contribution in [0.15, 0.2) is 12.3 Å². The molecule has 0 saturated heterocycles. The van der Waals surface area contributed by atoms with Gasteiger partial charge in [0.2, 0.25) is 11.8 Å². The summed E-state index contributed by atoms with van der Waals surface area (Å²) in [7, 11) is 1.44. The summed E-state index contributed by atoms with van der Waals surface area (Å²) in [6, 6.07) is -0.243. The summed E-state index contributed by atoms with van der Waals surface area (Å²) in [5.74, 6) is -0.596. The first-order valence-electron chi connectivity index (χ1n) is 11.9. The van der Waals surface area contributed by atoms with Crippen molar-refractivity contribution in [3.05, 3.63) is 23.5 Å². The number of aromatic nitrogens is 2. The van der Waals surface area contributed by atoms with Gasteiger partial charge in [-0.15, -0.1) is 0 Å². The highest BCUT2D eigenvalue weighted by atomic mass is 19.4. The van der Waals surface area contributed by atoms with Gasteiger partial charge >= 0.3 is 6.18 Å². The molecule has 1 heterocycles. The van der Waals surface area contributed by atoms with Crippen molar-refractivity contribution >= 4 is 23.9 Å². The number of alkyl halides is 3. The zero-order chi connectivity index (χ0) is 25.8. The third-order valence-electron chi connectivity index (χ3n) is 7.77. The molecule has 11 heteroatoms. The standard InChI is InChI=1S/C24H32F3N5O3/c1-13(33)31-23-9-14-7-15(10-23)18(16(8-14)11-23)30-20(34)17-12-29-32(19(17)24(25,26)27)6-5-22(2,3)21(35)28-4/h5-6,12,14-16,18H,7-11H2,1-4H3,(H,28,35)(H,30,34)(H,31,33)/b6-5+/t14?,15?,16?,18-,23-. The summed E-state index contributed by atoms with van der Waals surface area (Å²) >= 11 is 0. The van der Waals surface area contributed by atoms with Crippen molar-refractivity contribution < 1.29 is 27.6 Å². The van der Waals surface area contributed by atoms with Crippen LogP contribution < -0.4 is 16.0 Å². The fourth-order valence-electron chi connectivity index (χ4n) is 6.59. The second-order valence-corrected chi connectivity index (χ2v) is 10.9. The van der Waals surface area contributed by atoms with Crippen LogP contribution in [0.25, 0.3) is 6.20 Å². The molecule has 4 saturated carbocycles. The molecule has 1 aromatic heterocycles. The van der Waals surface area contributed by atoms with Gasteiger partial charge in [-0.05, 0) is 63.7 Å². The first-order chi connectivity index (χ1) is 16.2. The van der Waals surface area contributed by atoms with Crippen LogP contribution in [0.3, 0.4) is 0 Å². The number of carbonyl (C=O) groups is 3. The van der Waals surface area contributed by atoms with E-state index in [1.54, 1.807) is 13.8 Å². The van der Waals surface area contributed by atoms with Crippen LogP contribution >= 0.6 is 0 Å². The van der Waals surface area contributed by atoms with E-state index in [0.29, 0.717) is 23.4 Å². The van der Waals surface area contributed by atoms with Crippen LogP contribution in [-0.2, 0) is 15.8 Å². The Morgan fingerprint density at radius 1 is 1.14 bits per heavy atom. The van der Waals surface area contributed by atoms with Crippen LogP contribution in [0, 0.1) is 23.2 Å². The minimum absolute atomic E-state index is 0.0811. The normalized spacial score (nSPS) is 29.9. The Morgan fingerprint density at radius 3 is 2.31 bits per heavy atom. The Balaban J connectivity index is 1.56. The lowest BCUT2D eigenvalue weighted by Crippen LogP contribution is -2.66. The Bertz CT molecular complexity index is 1050. The monoisotopic (exact) mass is 495 g/mol. The lowest BCUT2D eigenvalue weighted by atomic mass is 9.51. The van der Waals surface area contributed by atoms with Crippen molar-refractivity contribution in [3.8, 4) is 0 Å². The summed E-state index contributed by atoms with van der Waals surface area (Å²) < 4.78 is 42.6. The Morgan fingerprint density at radius 2 is 1.77 bits per heavy atom. The van der Waals surface area contributed by atoms with Gasteiger partial charge in [0.25, 0.3) is 5.91 Å². The fraction of sp³-hybridized carbons (Fsp3) is 0.667. The Labute approximate surface area is 202 Å². The van der Waals surface area contributed by atoms with Gasteiger partial charge in [-0.25, -0.2) is 4.68 Å². The van der Waals surface area contributed by atoms with E-state index < -0.39 is 28.8 Å². The molecule has 1 aromatic rings. The summed E-state index contributed by atoms with van der Waals surface area (Å²) in [6.45, 7) is 4.62. The molecule has 35 heavy (non-hydrogen) atoms. The van der Waals surface area contributed by atoms with E-state index in [9.17, 15) is 27.6 Å². The Kier molecular flexibility index (Phi) is 6.25. The Hall–Kier alpha value is -2.85. The highest BCUT2D eigenvalue weighted by Crippen LogP contribution is 2.55. The van der Waals surface area contributed by atoms with Crippen LogP contribution in [0.5, 0.6) is 0 Å². The topological polar surface area (TPSA) is 105 Å². The molecule has 0 radical (unpaired) electrons. The molecule has 3 N–H and O–H groups in total. The molecular weight excluding hydrogens is 463 g/mol. The number of carbonyl (C=O) groups excluding carboxylic acids is 3. The molecule has 4 aliphatic rings. The van der Waals surface area contributed by atoms with E-state index in [2.05, 4.69) is 21.0 Å². The van der Waals surface area contributed by atoms with E-state index in [1.165, 1.54) is 20.0 Å². The van der Waals surface area contributed by atoms with E-state index in [1.807, 2.05) is 0 Å². The molecule has 2 unspecified atom stereocenters. The third kappa shape index (κ3) is 4.81. The van der Waals surface area contributed by atoms with E-state index in [0.717, 1.165) is 31.7 Å². The first kappa shape index (κ1) is 25.2. The number of hydrogen-bond acceptors (Lipinski definition) is 4. The first-order valence-corrected chi connectivity index (χ1v) is 11.9. The molecule has 0 aromatic carbocycles. The quantitative estimate of drug-likeness (QED) is 0.564. The summed E-state index contributed by atoms with van der Waals surface area (Å²) in [5.41, 5.74) is -3.08. The number of rotatable bonds is 6. The van der Waals surface area contributed by atoms with Gasteiger partial charge in [-0.2, -0.15) is 18.3 Å². The molecule has 192 valence electrons. The lowest BCUT2D eigenvalue weighted by molar-refractivity contribution is -0.142. The number of halogens is 3. The van der Waals surface area contributed by atoms with E-state index in [4.69, 9.17) is 0 Å². The van der Waals surface area contributed by atoms with Crippen LogP contribution in [-0.4, -0.2) is 46.1 Å². The van der Waals surface area contributed by atoms with Gasteiger partial charge in [-0.3, -0.25) is 14.4 Å². The SMILES string of the molecule is CNC(=O)C(C)(C)/C=C/n1ncc(C(=O)N[C@H]2C3CC4CC2C[C@](NC(C)=O)(C4)C3)c1C(F)(F)F. The van der Waals surface area contributed by atoms with Gasteiger partial charge in [-0.1, -0.05) is 6.08 Å². The van der Waals surface area contributed by atoms with E-state index in [-0.39, 0.29) is 35.2 Å². The predicted molar refractivity (Wildman–Crippen MR) is 122 cm³/mol. The smallest absolute Gasteiger partial charge is 0.358 e. The lowest BCUT2D eigenvalue weighted by Gasteiger charge is -2.60. The predicted octanol–water partition coefficient (Wildman–Crippen LogP) is 2.96. The van der Waals surface area contributed by atoms with Crippen molar-refractivity contribution in [1.29, 1.82) is 0 Å². The number of amides is 3. The van der Waals surface area contributed by atoms with Gasteiger partial charge in [0.1, 0.15) is 0 Å². The minimum Gasteiger partial charge on any atom is -0.358 e. The maximum absolute atomic E-state index is 14.0. The van der Waals surface area contributed by atoms with Gasteiger partial charge in [0.15, 0.2) is 5.69 Å². The molecule has 5 rings (SSSR count). The van der Waals surface area contributed by atoms with Crippen LogP contribution in [0.4, 0.5) is 13.2 Å². The van der Waals surface area contributed by atoms with Crippen molar-refractivity contribution in [3.63, 3.8) is 0 Å². The van der Waals surface area contributed by atoms with E-state index >= 15 is 0 Å². The van der Waals surface area contributed by atoms with Crippen molar-refractivity contribution in [2.75, 3.05) is 7.05 Å². The number of nitrogens with one attached hydrogen (secondary N) is 3. The molecule has 4 aliphatic carbocycles. The molecule has 4 bridgehead atoms. The van der Waals surface area contributed by atoms with Gasteiger partial charge < -0.3 is 16.0 Å². The van der Waals surface area contributed by atoms with Crippen molar-refractivity contribution in [1.82, 2.24) is 25.7 Å². The van der Waals surface area contributed by atoms with Crippen molar-refractivity contribution in [2.45, 2.75) is 70.6 Å². The third-order valence-corrected chi connectivity index (χ3v) is 7.77. The zero-order valence-corrected chi connectivity index (χ0v) is 20.3. The number of hydrogen-bond donors (Lipinski definition) is 3. The summed E-state index contributed by atoms with van der Waals surface area (Å²) in [5, 5.41) is 12.2. The maximum Gasteiger partial charge on any atom is 0.434 e. The molecule has 8 nitrogen and oxygen atoms in total. The molecule has 0 aliphatic heterocycles. The van der Waals surface area contributed by atoms with Gasteiger partial charge in [0.05, 0.1) is 17.2 Å². The molecule has 0 spiro atoms. The average molecular weight is 496 g/mol. The summed E-state index contributed by atoms with van der Waals surface area (Å²) in [4.78, 5) is 36.8. The van der Waals surface area contributed by atoms with Crippen LogP contribution in [0.1, 0.15) is 68.9 Å². The molecular formula is C24H32F3N5O3. The molecule has 4 fully saturated rings. The molecule has 2 atom stereocenters. The summed E-state index contributed by atoms with van der Waals surface area (Å²) in [6.07, 6.45) is 2.61. The highest BCUT2D eigenvalue weighted by molar-refractivity contribution is 5.95. The fourth-order valence-corrected chi connectivity index (χ4v) is 6.59. The maximum atomic E-state index is 14.0. The van der Waals surface area contributed by atoms with Crippen LogP contribution in [0.2, 0.25) is 0 Å². The average Bonchev–Trinajstić information content (AvgIpc) is 3.17. The number of nitrogens with zero attached hydrogens (tertiary/aromatic N) is 2. The van der Waals surface area contributed by atoms with Gasteiger partial charge in [0, 0.05) is 31.8 Å². The van der Waals surface area contributed by atoms with Crippen molar-refractivity contribution in [2.24, 2.45) is 23.2 Å². The molecule has 3 amide bonds.